The van der Waals surface area contributed by atoms with Gasteiger partial charge in [-0.05, 0) is 85.5 Å². The number of aryl methyl sites for hydroxylation is 2. The van der Waals surface area contributed by atoms with Crippen molar-refractivity contribution in [1.82, 2.24) is 0 Å². The van der Waals surface area contributed by atoms with E-state index in [1.807, 2.05) is 39.0 Å². The number of ketones is 1. The summed E-state index contributed by atoms with van der Waals surface area (Å²) < 4.78 is 19.3. The van der Waals surface area contributed by atoms with E-state index in [-0.39, 0.29) is 11.3 Å². The number of Topliss-reactive ketones (excluding diaryl/α,β-unsaturated/α-hetero) is 1. The maximum Gasteiger partial charge on any atom is 0.300 e. The van der Waals surface area contributed by atoms with Crippen molar-refractivity contribution in [2.45, 2.75) is 33.2 Å². The molecule has 0 spiro atoms. The molecule has 1 saturated heterocycles. The van der Waals surface area contributed by atoms with Crippen LogP contribution in [0, 0.1) is 19.7 Å². The van der Waals surface area contributed by atoms with Crippen LogP contribution in [0.25, 0.3) is 5.76 Å². The SMILES string of the molecule is CCCOc1ccc(/C(O)=C2\C(=O)C(=O)N(c3cc(C)cc(C)c3)C2c2ccc(F)cc2)cc1. The van der Waals surface area contributed by atoms with Crippen LogP contribution < -0.4 is 9.64 Å². The van der Waals surface area contributed by atoms with Crippen LogP contribution in [0.4, 0.5) is 10.1 Å². The number of carbonyl (C=O) groups is 2. The number of aliphatic hydroxyl groups excluding tert-OH is 1. The van der Waals surface area contributed by atoms with E-state index in [9.17, 15) is 19.1 Å². The van der Waals surface area contributed by atoms with Gasteiger partial charge in [0.15, 0.2) is 0 Å². The number of aliphatic hydroxyl groups is 1. The molecule has 0 saturated carbocycles. The molecule has 34 heavy (non-hydrogen) atoms. The Balaban J connectivity index is 1.87. The second kappa shape index (κ2) is 9.51. The third kappa shape index (κ3) is 4.44. The molecule has 3 aromatic carbocycles. The lowest BCUT2D eigenvalue weighted by molar-refractivity contribution is -0.132. The van der Waals surface area contributed by atoms with Crippen LogP contribution in [0.15, 0.2) is 72.3 Å². The quantitative estimate of drug-likeness (QED) is 0.285. The zero-order valence-electron chi connectivity index (χ0n) is 19.3. The standard InChI is InChI=1S/C28H26FNO4/c1-4-13-34-23-11-7-20(8-12-23)26(31)24-25(19-5-9-21(29)10-6-19)30(28(33)27(24)32)22-15-17(2)14-18(3)16-22/h5-12,14-16,25,31H,4,13H2,1-3H3/b26-24+. The molecule has 0 aromatic heterocycles. The number of amides is 1. The van der Waals surface area contributed by atoms with Gasteiger partial charge in [-0.2, -0.15) is 0 Å². The monoisotopic (exact) mass is 459 g/mol. The van der Waals surface area contributed by atoms with E-state index in [2.05, 4.69) is 0 Å². The summed E-state index contributed by atoms with van der Waals surface area (Å²) in [6, 6.07) is 17.0. The zero-order chi connectivity index (χ0) is 24.4. The number of rotatable bonds is 6. The molecule has 3 aromatic rings. The molecule has 0 radical (unpaired) electrons. The summed E-state index contributed by atoms with van der Waals surface area (Å²) in [6.07, 6.45) is 0.862. The Morgan fingerprint density at radius 2 is 1.59 bits per heavy atom. The summed E-state index contributed by atoms with van der Waals surface area (Å²) in [5.41, 5.74) is 3.25. The van der Waals surface area contributed by atoms with Crippen molar-refractivity contribution in [2.24, 2.45) is 0 Å². The average Bonchev–Trinajstić information content (AvgIpc) is 3.08. The van der Waals surface area contributed by atoms with E-state index in [1.54, 1.807) is 24.3 Å². The number of benzene rings is 3. The fourth-order valence-electron chi connectivity index (χ4n) is 4.23. The minimum absolute atomic E-state index is 0.0435. The van der Waals surface area contributed by atoms with Gasteiger partial charge in [0.1, 0.15) is 17.3 Å². The Kier molecular flexibility index (Phi) is 6.50. The fourth-order valence-corrected chi connectivity index (χ4v) is 4.23. The van der Waals surface area contributed by atoms with Crippen LogP contribution in [0.2, 0.25) is 0 Å². The Labute approximate surface area is 198 Å². The molecule has 6 heteroatoms. The van der Waals surface area contributed by atoms with Crippen LogP contribution in [-0.4, -0.2) is 23.4 Å². The summed E-state index contributed by atoms with van der Waals surface area (Å²) >= 11 is 0. The van der Waals surface area contributed by atoms with Gasteiger partial charge < -0.3 is 9.84 Å². The van der Waals surface area contributed by atoms with E-state index in [0.29, 0.717) is 29.2 Å². The summed E-state index contributed by atoms with van der Waals surface area (Å²) in [5.74, 6) is -1.62. The molecule has 1 atom stereocenters. The van der Waals surface area contributed by atoms with E-state index in [4.69, 9.17) is 4.74 Å². The van der Waals surface area contributed by atoms with Crippen molar-refractivity contribution in [1.29, 1.82) is 0 Å². The highest BCUT2D eigenvalue weighted by Crippen LogP contribution is 2.42. The first-order valence-electron chi connectivity index (χ1n) is 11.2. The fraction of sp³-hybridized carbons (Fsp3) is 0.214. The number of anilines is 1. The molecular formula is C28H26FNO4. The third-order valence-corrected chi connectivity index (χ3v) is 5.72. The summed E-state index contributed by atoms with van der Waals surface area (Å²) in [7, 11) is 0. The highest BCUT2D eigenvalue weighted by atomic mass is 19.1. The molecule has 1 amide bonds. The van der Waals surface area contributed by atoms with Gasteiger partial charge in [-0.3, -0.25) is 14.5 Å². The second-order valence-electron chi connectivity index (χ2n) is 8.44. The van der Waals surface area contributed by atoms with Gasteiger partial charge in [0.05, 0.1) is 18.2 Å². The maximum absolute atomic E-state index is 13.7. The number of hydrogen-bond donors (Lipinski definition) is 1. The number of nitrogens with zero attached hydrogens (tertiary/aromatic N) is 1. The van der Waals surface area contributed by atoms with Crippen molar-refractivity contribution >= 4 is 23.1 Å². The molecule has 174 valence electrons. The first-order valence-corrected chi connectivity index (χ1v) is 11.2. The van der Waals surface area contributed by atoms with Gasteiger partial charge in [-0.25, -0.2) is 4.39 Å². The molecule has 0 aliphatic carbocycles. The summed E-state index contributed by atoms with van der Waals surface area (Å²) in [4.78, 5) is 27.8. The van der Waals surface area contributed by atoms with Crippen LogP contribution in [-0.2, 0) is 9.59 Å². The minimum Gasteiger partial charge on any atom is -0.507 e. The third-order valence-electron chi connectivity index (χ3n) is 5.72. The van der Waals surface area contributed by atoms with Crippen LogP contribution in [0.3, 0.4) is 0 Å². The molecule has 1 fully saturated rings. The number of ether oxygens (including phenoxy) is 1. The highest BCUT2D eigenvalue weighted by molar-refractivity contribution is 6.51. The molecule has 1 N–H and O–H groups in total. The van der Waals surface area contributed by atoms with Gasteiger partial charge in [0, 0.05) is 11.3 Å². The molecule has 4 rings (SSSR count). The molecule has 5 nitrogen and oxygen atoms in total. The molecule has 1 unspecified atom stereocenters. The Hall–Kier alpha value is -3.93. The molecule has 1 heterocycles. The Bertz CT molecular complexity index is 1240. The van der Waals surface area contributed by atoms with E-state index >= 15 is 0 Å². The van der Waals surface area contributed by atoms with Crippen LogP contribution in [0.5, 0.6) is 5.75 Å². The normalized spacial score (nSPS) is 17.3. The topological polar surface area (TPSA) is 66.8 Å². The summed E-state index contributed by atoms with van der Waals surface area (Å²) in [6.45, 7) is 6.38. The number of carbonyl (C=O) groups excluding carboxylic acids is 2. The largest absolute Gasteiger partial charge is 0.507 e. The molecule has 1 aliphatic heterocycles. The van der Waals surface area contributed by atoms with Crippen molar-refractivity contribution in [2.75, 3.05) is 11.5 Å². The smallest absolute Gasteiger partial charge is 0.300 e. The lowest BCUT2D eigenvalue weighted by atomic mass is 9.95. The lowest BCUT2D eigenvalue weighted by Crippen LogP contribution is -2.29. The Morgan fingerprint density at radius 3 is 2.18 bits per heavy atom. The van der Waals surface area contributed by atoms with E-state index in [0.717, 1.165) is 17.5 Å². The van der Waals surface area contributed by atoms with Gasteiger partial charge >= 0.3 is 0 Å². The van der Waals surface area contributed by atoms with E-state index in [1.165, 1.54) is 29.2 Å². The highest BCUT2D eigenvalue weighted by Gasteiger charge is 2.47. The second-order valence-corrected chi connectivity index (χ2v) is 8.44. The number of halogens is 1. The van der Waals surface area contributed by atoms with Crippen molar-refractivity contribution in [3.63, 3.8) is 0 Å². The van der Waals surface area contributed by atoms with E-state index < -0.39 is 23.5 Å². The first-order chi connectivity index (χ1) is 16.3. The average molecular weight is 460 g/mol. The molecule has 1 aliphatic rings. The predicted octanol–water partition coefficient (Wildman–Crippen LogP) is 5.86. The van der Waals surface area contributed by atoms with Gasteiger partial charge in [0.2, 0.25) is 0 Å². The molecule has 0 bridgehead atoms. The van der Waals surface area contributed by atoms with Gasteiger partial charge in [-0.1, -0.05) is 25.1 Å². The number of hydrogen-bond acceptors (Lipinski definition) is 4. The van der Waals surface area contributed by atoms with Crippen LogP contribution in [0.1, 0.15) is 41.6 Å². The minimum atomic E-state index is -0.905. The molecular weight excluding hydrogens is 433 g/mol. The Morgan fingerprint density at radius 1 is 0.971 bits per heavy atom. The maximum atomic E-state index is 13.7. The van der Waals surface area contributed by atoms with Crippen molar-refractivity contribution in [3.8, 4) is 5.75 Å². The van der Waals surface area contributed by atoms with Gasteiger partial charge in [-0.15, -0.1) is 0 Å². The van der Waals surface area contributed by atoms with Crippen molar-refractivity contribution in [3.05, 3.63) is 100 Å². The van der Waals surface area contributed by atoms with Crippen molar-refractivity contribution < 1.29 is 23.8 Å². The van der Waals surface area contributed by atoms with Gasteiger partial charge in [0.25, 0.3) is 11.7 Å². The van der Waals surface area contributed by atoms with Crippen LogP contribution >= 0.6 is 0 Å². The lowest BCUT2D eigenvalue weighted by Gasteiger charge is -2.26. The zero-order valence-corrected chi connectivity index (χ0v) is 19.3. The summed E-state index contributed by atoms with van der Waals surface area (Å²) in [5, 5.41) is 11.2. The predicted molar refractivity (Wildman–Crippen MR) is 129 cm³/mol. The first kappa shape index (κ1) is 23.2.